The molecule has 0 radical (unpaired) electrons. The lowest BCUT2D eigenvalue weighted by molar-refractivity contribution is -0.384. The topological polar surface area (TPSA) is 87.6 Å². The molecule has 0 aromatic heterocycles. The average Bonchev–Trinajstić information content (AvgIpc) is 2.18. The first kappa shape index (κ1) is 12.6. The Hall–Kier alpha value is -1.90. The number of fused-ring (bicyclic) bond motifs is 1. The summed E-state index contributed by atoms with van der Waals surface area (Å²) in [6.45, 7) is 0. The van der Waals surface area contributed by atoms with Crippen LogP contribution in [0.25, 0.3) is 0 Å². The summed E-state index contributed by atoms with van der Waals surface area (Å²) in [6.07, 6.45) is -4.45. The number of nitro benzene ring substituents is 1. The SMILES string of the molecule is Nc1cc2c(cc1[N+](=O)[O-])OC(F)(Cl)C(F)(F)O2. The fourth-order valence-electron chi connectivity index (χ4n) is 1.28. The van der Waals surface area contributed by atoms with Gasteiger partial charge in [-0.05, 0) is 11.6 Å². The Bertz CT molecular complexity index is 537. The van der Waals surface area contributed by atoms with Crippen LogP contribution >= 0.6 is 11.6 Å². The number of halogens is 4. The number of hydrogen-bond donors (Lipinski definition) is 1. The van der Waals surface area contributed by atoms with Gasteiger partial charge in [-0.15, -0.1) is 0 Å². The molecule has 0 saturated carbocycles. The zero-order valence-corrected chi connectivity index (χ0v) is 9.08. The Balaban J connectivity index is 2.55. The molecule has 0 spiro atoms. The minimum atomic E-state index is -4.45. The van der Waals surface area contributed by atoms with Crippen molar-refractivity contribution < 1.29 is 27.6 Å². The number of anilines is 1. The van der Waals surface area contributed by atoms with E-state index in [4.69, 9.17) is 17.3 Å². The van der Waals surface area contributed by atoms with Gasteiger partial charge in [0, 0.05) is 6.07 Å². The first-order chi connectivity index (χ1) is 8.14. The third-order valence-electron chi connectivity index (χ3n) is 2.10. The van der Waals surface area contributed by atoms with E-state index < -0.39 is 39.2 Å². The molecule has 18 heavy (non-hydrogen) atoms. The molecule has 0 saturated heterocycles. The molecule has 1 aliphatic heterocycles. The molecule has 1 aliphatic rings. The van der Waals surface area contributed by atoms with Gasteiger partial charge in [-0.1, -0.05) is 0 Å². The van der Waals surface area contributed by atoms with Crippen LogP contribution in [0.1, 0.15) is 0 Å². The van der Waals surface area contributed by atoms with E-state index in [0.29, 0.717) is 6.07 Å². The molecule has 0 bridgehead atoms. The molecule has 1 aromatic carbocycles. The minimum Gasteiger partial charge on any atom is -0.434 e. The molecule has 2 rings (SSSR count). The Morgan fingerprint density at radius 2 is 1.83 bits per heavy atom. The molecule has 0 fully saturated rings. The first-order valence-corrected chi connectivity index (χ1v) is 4.73. The van der Waals surface area contributed by atoms with Gasteiger partial charge in [0.1, 0.15) is 5.69 Å². The van der Waals surface area contributed by atoms with Crippen LogP contribution in [0.3, 0.4) is 0 Å². The van der Waals surface area contributed by atoms with Crippen LogP contribution in [0, 0.1) is 10.1 Å². The van der Waals surface area contributed by atoms with Gasteiger partial charge in [0.05, 0.1) is 11.0 Å². The van der Waals surface area contributed by atoms with Gasteiger partial charge in [0.25, 0.3) is 5.69 Å². The number of ether oxygens (including phenoxy) is 2. The highest BCUT2D eigenvalue weighted by atomic mass is 35.5. The summed E-state index contributed by atoms with van der Waals surface area (Å²) in [7, 11) is 0. The molecule has 10 heteroatoms. The van der Waals surface area contributed by atoms with Crippen LogP contribution in [0.5, 0.6) is 11.5 Å². The van der Waals surface area contributed by atoms with Crippen molar-refractivity contribution in [1.29, 1.82) is 0 Å². The number of rotatable bonds is 1. The van der Waals surface area contributed by atoms with Gasteiger partial charge in [-0.25, -0.2) is 0 Å². The van der Waals surface area contributed by atoms with Crippen molar-refractivity contribution in [2.75, 3.05) is 5.73 Å². The van der Waals surface area contributed by atoms with Crippen molar-refractivity contribution in [2.24, 2.45) is 0 Å². The second kappa shape index (κ2) is 3.55. The molecule has 1 unspecified atom stereocenters. The monoisotopic (exact) mass is 284 g/mol. The predicted molar refractivity (Wildman–Crippen MR) is 53.4 cm³/mol. The van der Waals surface area contributed by atoms with Crippen molar-refractivity contribution in [3.05, 3.63) is 22.2 Å². The fourth-order valence-corrected chi connectivity index (χ4v) is 1.40. The fraction of sp³-hybridized carbons (Fsp3) is 0.250. The molecule has 1 heterocycles. The highest BCUT2D eigenvalue weighted by Crippen LogP contribution is 2.50. The molecule has 6 nitrogen and oxygen atoms in total. The zero-order chi connectivity index (χ0) is 13.7. The molecular weight excluding hydrogens is 281 g/mol. The summed E-state index contributed by atoms with van der Waals surface area (Å²) in [5.74, 6) is -1.28. The van der Waals surface area contributed by atoms with Gasteiger partial charge in [-0.2, -0.15) is 13.2 Å². The lowest BCUT2D eigenvalue weighted by Gasteiger charge is -2.33. The number of nitrogens with zero attached hydrogens (tertiary/aromatic N) is 1. The van der Waals surface area contributed by atoms with Gasteiger partial charge >= 0.3 is 11.4 Å². The molecular formula is C8H4ClF3N2O4. The summed E-state index contributed by atoms with van der Waals surface area (Å²) in [6, 6.07) is 1.38. The largest absolute Gasteiger partial charge is 0.488 e. The predicted octanol–water partition coefficient (Wildman–Crippen LogP) is 2.40. The second-order valence-corrected chi connectivity index (χ2v) is 3.84. The molecule has 1 aromatic rings. The summed E-state index contributed by atoms with van der Waals surface area (Å²) < 4.78 is 47.4. The summed E-state index contributed by atoms with van der Waals surface area (Å²) in [5.41, 5.74) is 4.18. The van der Waals surface area contributed by atoms with Crippen molar-refractivity contribution in [2.45, 2.75) is 11.4 Å². The molecule has 0 aliphatic carbocycles. The molecule has 2 N–H and O–H groups in total. The maximum Gasteiger partial charge on any atom is 0.488 e. The van der Waals surface area contributed by atoms with Gasteiger partial charge in [0.2, 0.25) is 0 Å². The van der Waals surface area contributed by atoms with E-state index in [1.54, 1.807) is 0 Å². The normalized spacial score (nSPS) is 24.7. The van der Waals surface area contributed by atoms with E-state index in [1.807, 2.05) is 0 Å². The van der Waals surface area contributed by atoms with Gasteiger partial charge in [0.15, 0.2) is 11.5 Å². The Kier molecular flexibility index (Phi) is 2.47. The van der Waals surface area contributed by atoms with E-state index in [9.17, 15) is 23.3 Å². The van der Waals surface area contributed by atoms with Crippen molar-refractivity contribution in [3.63, 3.8) is 0 Å². The van der Waals surface area contributed by atoms with E-state index in [1.165, 1.54) is 0 Å². The number of nitro groups is 1. The van der Waals surface area contributed by atoms with Crippen LogP contribution in [-0.2, 0) is 0 Å². The average molecular weight is 285 g/mol. The standard InChI is InChI=1S/C8H4ClF3N2O4/c9-7(10)8(11,12)18-5-1-3(13)4(14(15)16)2-6(5)17-7/h1-2H,13H2. The quantitative estimate of drug-likeness (QED) is 0.370. The molecule has 0 amide bonds. The maximum atomic E-state index is 13.2. The van der Waals surface area contributed by atoms with Crippen molar-refractivity contribution >= 4 is 23.0 Å². The lowest BCUT2D eigenvalue weighted by atomic mass is 10.2. The minimum absolute atomic E-state index is 0.431. The number of nitrogen functional groups attached to an aromatic ring is 1. The third kappa shape index (κ3) is 1.76. The summed E-state index contributed by atoms with van der Waals surface area (Å²) >= 11 is 4.80. The van der Waals surface area contributed by atoms with Gasteiger partial charge < -0.3 is 15.2 Å². The van der Waals surface area contributed by atoms with Crippen molar-refractivity contribution in [1.82, 2.24) is 0 Å². The van der Waals surface area contributed by atoms with Crippen LogP contribution in [0.15, 0.2) is 12.1 Å². The zero-order valence-electron chi connectivity index (χ0n) is 8.32. The number of benzene rings is 1. The van der Waals surface area contributed by atoms with Crippen molar-refractivity contribution in [3.8, 4) is 11.5 Å². The van der Waals surface area contributed by atoms with E-state index >= 15 is 0 Å². The Morgan fingerprint density at radius 3 is 2.39 bits per heavy atom. The maximum absolute atomic E-state index is 13.2. The Morgan fingerprint density at radius 1 is 1.28 bits per heavy atom. The molecule has 1 atom stereocenters. The lowest BCUT2D eigenvalue weighted by Crippen LogP contribution is -2.51. The first-order valence-electron chi connectivity index (χ1n) is 4.35. The molecule has 98 valence electrons. The van der Waals surface area contributed by atoms with Crippen LogP contribution in [0.4, 0.5) is 24.5 Å². The number of hydrogen-bond acceptors (Lipinski definition) is 5. The Labute approximate surface area is 102 Å². The van der Waals surface area contributed by atoms with E-state index in [2.05, 4.69) is 9.47 Å². The number of alkyl halides is 4. The van der Waals surface area contributed by atoms with E-state index in [0.717, 1.165) is 6.07 Å². The third-order valence-corrected chi connectivity index (χ3v) is 2.40. The van der Waals surface area contributed by atoms with Gasteiger partial charge in [-0.3, -0.25) is 10.1 Å². The smallest absolute Gasteiger partial charge is 0.434 e. The summed E-state index contributed by atoms with van der Waals surface area (Å²) in [5, 5.41) is 6.60. The van der Waals surface area contributed by atoms with Crippen LogP contribution in [-0.4, -0.2) is 16.3 Å². The van der Waals surface area contributed by atoms with Crippen LogP contribution in [0.2, 0.25) is 0 Å². The number of nitrogens with two attached hydrogens (primary N) is 1. The highest BCUT2D eigenvalue weighted by Gasteiger charge is 2.63. The summed E-state index contributed by atoms with van der Waals surface area (Å²) in [4.78, 5) is 9.66. The van der Waals surface area contributed by atoms with Crippen LogP contribution < -0.4 is 15.2 Å². The second-order valence-electron chi connectivity index (χ2n) is 3.35. The highest BCUT2D eigenvalue weighted by molar-refractivity contribution is 6.22. The van der Waals surface area contributed by atoms with E-state index in [-0.39, 0.29) is 0 Å².